The highest BCUT2D eigenvalue weighted by Crippen LogP contribution is 2.17. The van der Waals surface area contributed by atoms with Crippen molar-refractivity contribution in [1.82, 2.24) is 9.80 Å². The van der Waals surface area contributed by atoms with Gasteiger partial charge in [-0.3, -0.25) is 9.59 Å². The second kappa shape index (κ2) is 8.26. The van der Waals surface area contributed by atoms with Gasteiger partial charge >= 0.3 is 0 Å². The van der Waals surface area contributed by atoms with Gasteiger partial charge in [0.1, 0.15) is 11.9 Å². The van der Waals surface area contributed by atoms with Gasteiger partial charge in [0, 0.05) is 32.3 Å². The van der Waals surface area contributed by atoms with E-state index in [2.05, 4.69) is 0 Å². The van der Waals surface area contributed by atoms with Crippen molar-refractivity contribution >= 4 is 29.5 Å². The van der Waals surface area contributed by atoms with Gasteiger partial charge in [-0.2, -0.15) is 0 Å². The highest BCUT2D eigenvalue weighted by molar-refractivity contribution is 6.30. The number of carbonyl (C=O) groups excluding carboxylic acids is 2. The number of piperazine rings is 1. The third kappa shape index (κ3) is 4.33. The molecule has 2 rings (SSSR count). The number of hydrogen-bond acceptors (Lipinski definition) is 3. The van der Waals surface area contributed by atoms with Crippen LogP contribution in [0.2, 0.25) is 5.02 Å². The molecule has 0 saturated carbocycles. The van der Waals surface area contributed by atoms with E-state index < -0.39 is 11.9 Å². The smallest absolute Gasteiger partial charge is 0.247 e. The standard InChI is InChI=1S/C17H20ClFN2O3/c1-12-17(24)20(7-2-10-22)8-9-21(12)16(23)6-4-13-3-5-15(19)14(18)11-13/h3-6,11-12,22H,2,7-10H2,1H3/b6-4+/t12-/m1/s1. The Labute approximate surface area is 145 Å². The number of amides is 2. The Morgan fingerprint density at radius 2 is 2.21 bits per heavy atom. The molecule has 0 aromatic heterocycles. The number of aliphatic hydroxyl groups is 1. The summed E-state index contributed by atoms with van der Waals surface area (Å²) in [5.74, 6) is -0.919. The molecule has 2 amide bonds. The SMILES string of the molecule is C[C@@H]1C(=O)N(CCCO)CCN1C(=O)/C=C/c1ccc(F)c(Cl)c1. The normalized spacial score (nSPS) is 18.5. The van der Waals surface area contributed by atoms with Crippen LogP contribution in [0.25, 0.3) is 6.08 Å². The molecule has 0 bridgehead atoms. The van der Waals surface area contributed by atoms with E-state index >= 15 is 0 Å². The quantitative estimate of drug-likeness (QED) is 0.822. The molecule has 1 aromatic carbocycles. The Kier molecular flexibility index (Phi) is 6.34. The zero-order valence-electron chi connectivity index (χ0n) is 13.4. The highest BCUT2D eigenvalue weighted by Gasteiger charge is 2.32. The minimum absolute atomic E-state index is 0.00866. The number of nitrogens with zero attached hydrogens (tertiary/aromatic N) is 2. The van der Waals surface area contributed by atoms with E-state index in [9.17, 15) is 14.0 Å². The molecule has 0 spiro atoms. The summed E-state index contributed by atoms with van der Waals surface area (Å²) in [6, 6.07) is 3.64. The maximum atomic E-state index is 13.1. The molecule has 1 heterocycles. The molecule has 0 unspecified atom stereocenters. The first-order valence-electron chi connectivity index (χ1n) is 7.77. The maximum Gasteiger partial charge on any atom is 0.247 e. The Morgan fingerprint density at radius 3 is 2.88 bits per heavy atom. The molecular formula is C17H20ClFN2O3. The van der Waals surface area contributed by atoms with Crippen molar-refractivity contribution in [2.24, 2.45) is 0 Å². The lowest BCUT2D eigenvalue weighted by Crippen LogP contribution is -2.57. The summed E-state index contributed by atoms with van der Waals surface area (Å²) >= 11 is 5.71. The number of rotatable bonds is 5. The fraction of sp³-hybridized carbons (Fsp3) is 0.412. The van der Waals surface area contributed by atoms with Crippen molar-refractivity contribution in [3.63, 3.8) is 0 Å². The fourth-order valence-corrected chi connectivity index (χ4v) is 2.78. The van der Waals surface area contributed by atoms with Gasteiger partial charge in [0.25, 0.3) is 0 Å². The number of benzene rings is 1. The van der Waals surface area contributed by atoms with Gasteiger partial charge in [-0.1, -0.05) is 17.7 Å². The lowest BCUT2D eigenvalue weighted by Gasteiger charge is -2.38. The first-order chi connectivity index (χ1) is 11.4. The molecule has 0 aliphatic carbocycles. The molecule has 130 valence electrons. The maximum absolute atomic E-state index is 13.1. The Hall–Kier alpha value is -1.92. The molecule has 24 heavy (non-hydrogen) atoms. The number of hydrogen-bond donors (Lipinski definition) is 1. The number of halogens is 2. The summed E-state index contributed by atoms with van der Waals surface area (Å²) in [6.07, 6.45) is 3.43. The summed E-state index contributed by atoms with van der Waals surface area (Å²) in [5, 5.41) is 8.85. The van der Waals surface area contributed by atoms with Gasteiger partial charge < -0.3 is 14.9 Å². The average molecular weight is 355 g/mol. The van der Waals surface area contributed by atoms with Crippen LogP contribution in [0.4, 0.5) is 4.39 Å². The summed E-state index contributed by atoms with van der Waals surface area (Å²) in [6.45, 7) is 3.10. The van der Waals surface area contributed by atoms with E-state index in [1.807, 2.05) is 0 Å². The molecule has 7 heteroatoms. The first-order valence-corrected chi connectivity index (χ1v) is 8.15. The van der Waals surface area contributed by atoms with Crippen LogP contribution in [-0.2, 0) is 9.59 Å². The predicted molar refractivity (Wildman–Crippen MR) is 89.9 cm³/mol. The van der Waals surface area contributed by atoms with Gasteiger partial charge in [0.15, 0.2) is 0 Å². The van der Waals surface area contributed by atoms with Crippen LogP contribution in [0.5, 0.6) is 0 Å². The van der Waals surface area contributed by atoms with E-state index in [1.165, 1.54) is 29.2 Å². The molecular weight excluding hydrogens is 335 g/mol. The molecule has 1 atom stereocenters. The number of carbonyl (C=O) groups is 2. The van der Waals surface area contributed by atoms with E-state index in [1.54, 1.807) is 17.9 Å². The van der Waals surface area contributed by atoms with Crippen molar-refractivity contribution in [1.29, 1.82) is 0 Å². The third-order valence-electron chi connectivity index (χ3n) is 3.98. The second-order valence-electron chi connectivity index (χ2n) is 5.62. The van der Waals surface area contributed by atoms with E-state index in [0.717, 1.165) is 0 Å². The molecule has 1 N–H and O–H groups in total. The van der Waals surface area contributed by atoms with Crippen LogP contribution in [0, 0.1) is 5.82 Å². The third-order valence-corrected chi connectivity index (χ3v) is 4.27. The van der Waals surface area contributed by atoms with Crippen molar-refractivity contribution in [2.75, 3.05) is 26.2 Å². The number of aliphatic hydroxyl groups excluding tert-OH is 1. The zero-order valence-corrected chi connectivity index (χ0v) is 14.2. The minimum atomic E-state index is -0.550. The minimum Gasteiger partial charge on any atom is -0.396 e. The largest absolute Gasteiger partial charge is 0.396 e. The average Bonchev–Trinajstić information content (AvgIpc) is 2.57. The van der Waals surface area contributed by atoms with Crippen LogP contribution in [-0.4, -0.2) is 59.0 Å². The molecule has 5 nitrogen and oxygen atoms in total. The molecule has 1 saturated heterocycles. The lowest BCUT2D eigenvalue weighted by molar-refractivity contribution is -0.148. The molecule has 1 fully saturated rings. The summed E-state index contributed by atoms with van der Waals surface area (Å²) in [7, 11) is 0. The molecule has 1 aliphatic heterocycles. The van der Waals surface area contributed by atoms with E-state index in [0.29, 0.717) is 31.6 Å². The summed E-state index contributed by atoms with van der Waals surface area (Å²) in [5.41, 5.74) is 0.607. The first kappa shape index (κ1) is 18.4. The van der Waals surface area contributed by atoms with Crippen molar-refractivity contribution < 1.29 is 19.1 Å². The van der Waals surface area contributed by atoms with Gasteiger partial charge in [-0.05, 0) is 37.1 Å². The van der Waals surface area contributed by atoms with Crippen molar-refractivity contribution in [3.05, 3.63) is 40.7 Å². The van der Waals surface area contributed by atoms with Crippen LogP contribution in [0.1, 0.15) is 18.9 Å². The van der Waals surface area contributed by atoms with Gasteiger partial charge in [-0.15, -0.1) is 0 Å². The van der Waals surface area contributed by atoms with Crippen LogP contribution < -0.4 is 0 Å². The van der Waals surface area contributed by atoms with E-state index in [-0.39, 0.29) is 23.4 Å². The summed E-state index contributed by atoms with van der Waals surface area (Å²) < 4.78 is 13.1. The zero-order chi connectivity index (χ0) is 17.7. The van der Waals surface area contributed by atoms with E-state index in [4.69, 9.17) is 16.7 Å². The molecule has 1 aromatic rings. The Morgan fingerprint density at radius 1 is 1.46 bits per heavy atom. The monoisotopic (exact) mass is 354 g/mol. The van der Waals surface area contributed by atoms with Gasteiger partial charge in [0.05, 0.1) is 5.02 Å². The second-order valence-corrected chi connectivity index (χ2v) is 6.02. The lowest BCUT2D eigenvalue weighted by atomic mass is 10.1. The molecule has 0 radical (unpaired) electrons. The predicted octanol–water partition coefficient (Wildman–Crippen LogP) is 1.93. The Bertz CT molecular complexity index is 651. The molecule has 1 aliphatic rings. The highest BCUT2D eigenvalue weighted by atomic mass is 35.5. The van der Waals surface area contributed by atoms with Gasteiger partial charge in [-0.25, -0.2) is 4.39 Å². The van der Waals surface area contributed by atoms with Crippen LogP contribution in [0.3, 0.4) is 0 Å². The van der Waals surface area contributed by atoms with Gasteiger partial charge in [0.2, 0.25) is 11.8 Å². The van der Waals surface area contributed by atoms with Crippen LogP contribution >= 0.6 is 11.6 Å². The van der Waals surface area contributed by atoms with Crippen LogP contribution in [0.15, 0.2) is 24.3 Å². The summed E-state index contributed by atoms with van der Waals surface area (Å²) in [4.78, 5) is 27.8. The topological polar surface area (TPSA) is 60.9 Å². The Balaban J connectivity index is 2.01. The van der Waals surface area contributed by atoms with Crippen molar-refractivity contribution in [2.45, 2.75) is 19.4 Å². The van der Waals surface area contributed by atoms with Crippen molar-refractivity contribution in [3.8, 4) is 0 Å². The fourth-order valence-electron chi connectivity index (χ4n) is 2.59.